The Morgan fingerprint density at radius 1 is 1.25 bits per heavy atom. The fourth-order valence-corrected chi connectivity index (χ4v) is 2.70. The summed E-state index contributed by atoms with van der Waals surface area (Å²) in [6.45, 7) is 11.4. The molecule has 1 aromatic rings. The van der Waals surface area contributed by atoms with E-state index in [4.69, 9.17) is 4.74 Å². The first-order valence-corrected chi connectivity index (χ1v) is 9.23. The van der Waals surface area contributed by atoms with Crippen LogP contribution >= 0.6 is 0 Å². The van der Waals surface area contributed by atoms with Crippen LogP contribution in [0.25, 0.3) is 0 Å². The molecule has 0 unspecified atom stereocenters. The number of nitrogens with zero attached hydrogens (tertiary/aromatic N) is 4. The van der Waals surface area contributed by atoms with Crippen LogP contribution < -0.4 is 5.32 Å². The number of amides is 1. The van der Waals surface area contributed by atoms with E-state index in [1.54, 1.807) is 24.0 Å². The number of ether oxygens (including phenoxy) is 1. The number of non-ortho nitro benzene ring substituents is 1. The van der Waals surface area contributed by atoms with Crippen LogP contribution in [0.5, 0.6) is 0 Å². The monoisotopic (exact) mass is 389 g/mol. The minimum Gasteiger partial charge on any atom is -0.450 e. The van der Waals surface area contributed by atoms with Crippen LogP contribution in [0.4, 0.5) is 10.5 Å². The molecule has 0 aromatic heterocycles. The Kier molecular flexibility index (Phi) is 7.79. The van der Waals surface area contributed by atoms with Gasteiger partial charge in [0.1, 0.15) is 0 Å². The van der Waals surface area contributed by atoms with Crippen LogP contribution in [0.1, 0.15) is 19.4 Å². The molecule has 28 heavy (non-hydrogen) atoms. The number of nitrogens with one attached hydrogen (secondary N) is 1. The van der Waals surface area contributed by atoms with Crippen molar-refractivity contribution in [3.63, 3.8) is 0 Å². The lowest BCUT2D eigenvalue weighted by Crippen LogP contribution is -2.54. The molecule has 0 aliphatic carbocycles. The molecule has 9 nitrogen and oxygen atoms in total. The highest BCUT2D eigenvalue weighted by Crippen LogP contribution is 2.13. The van der Waals surface area contributed by atoms with E-state index in [9.17, 15) is 14.9 Å². The molecule has 1 aromatic carbocycles. The van der Waals surface area contributed by atoms with Gasteiger partial charge in [-0.25, -0.2) is 9.79 Å². The molecule has 1 aliphatic heterocycles. The number of guanidine groups is 1. The maximum Gasteiger partial charge on any atom is 0.409 e. The van der Waals surface area contributed by atoms with Crippen molar-refractivity contribution in [2.45, 2.75) is 20.4 Å². The van der Waals surface area contributed by atoms with Crippen LogP contribution in [0, 0.1) is 10.1 Å². The Labute approximate surface area is 164 Å². The molecule has 0 atom stereocenters. The summed E-state index contributed by atoms with van der Waals surface area (Å²) in [6, 6.07) is 6.36. The smallest absolute Gasteiger partial charge is 0.409 e. The number of aliphatic imine (C=N–C) groups is 1. The van der Waals surface area contributed by atoms with Gasteiger partial charge in [-0.05, 0) is 19.4 Å². The summed E-state index contributed by atoms with van der Waals surface area (Å²) >= 11 is 0. The van der Waals surface area contributed by atoms with Crippen LogP contribution in [0.2, 0.25) is 0 Å². The second-order valence-electron chi connectivity index (χ2n) is 6.55. The van der Waals surface area contributed by atoms with Gasteiger partial charge in [-0.2, -0.15) is 0 Å². The lowest BCUT2D eigenvalue weighted by atomic mass is 10.2. The molecule has 1 amide bonds. The van der Waals surface area contributed by atoms with Crippen molar-refractivity contribution in [1.29, 1.82) is 0 Å². The molecule has 1 aliphatic rings. The topological polar surface area (TPSA) is 100 Å². The standard InChI is InChI=1S/C19H27N5O4/c1-4-28-19(25)23-11-9-22(10-12-23)18(20-13-15(2)3)21-14-16-5-7-17(8-6-16)24(26)27/h5-8H,2,4,9-14H2,1,3H3,(H,20,21). The van der Waals surface area contributed by atoms with Gasteiger partial charge in [0.25, 0.3) is 5.69 Å². The normalized spacial score (nSPS) is 14.6. The highest BCUT2D eigenvalue weighted by molar-refractivity contribution is 5.80. The zero-order valence-electron chi connectivity index (χ0n) is 16.4. The quantitative estimate of drug-likeness (QED) is 0.264. The summed E-state index contributed by atoms with van der Waals surface area (Å²) in [5.41, 5.74) is 1.92. The average Bonchev–Trinajstić information content (AvgIpc) is 2.68. The van der Waals surface area contributed by atoms with E-state index in [-0.39, 0.29) is 11.8 Å². The number of nitro benzene ring substituents is 1. The third kappa shape index (κ3) is 6.26. The van der Waals surface area contributed by atoms with Gasteiger partial charge < -0.3 is 19.9 Å². The van der Waals surface area contributed by atoms with Crippen LogP contribution in [-0.2, 0) is 11.3 Å². The lowest BCUT2D eigenvalue weighted by molar-refractivity contribution is -0.384. The third-order valence-corrected chi connectivity index (χ3v) is 4.21. The number of nitro groups is 1. The Morgan fingerprint density at radius 3 is 2.39 bits per heavy atom. The molecule has 0 spiro atoms. The van der Waals surface area contributed by atoms with Crippen molar-refractivity contribution in [1.82, 2.24) is 15.1 Å². The van der Waals surface area contributed by atoms with E-state index >= 15 is 0 Å². The molecule has 1 N–H and O–H groups in total. The second kappa shape index (κ2) is 10.3. The van der Waals surface area contributed by atoms with Gasteiger partial charge in [-0.1, -0.05) is 24.3 Å². The SMILES string of the molecule is C=C(C)CNC(=NCc1ccc([N+](=O)[O-])cc1)N1CCN(C(=O)OCC)CC1. The number of benzene rings is 1. The van der Waals surface area contributed by atoms with E-state index in [1.807, 2.05) is 6.92 Å². The van der Waals surface area contributed by atoms with Crippen LogP contribution in [0.3, 0.4) is 0 Å². The van der Waals surface area contributed by atoms with Gasteiger partial charge >= 0.3 is 6.09 Å². The Bertz CT molecular complexity index is 724. The van der Waals surface area contributed by atoms with Crippen LogP contribution in [-0.4, -0.2) is 66.1 Å². The molecule has 1 saturated heterocycles. The molecule has 0 saturated carbocycles. The van der Waals surface area contributed by atoms with Crippen molar-refractivity contribution in [2.24, 2.45) is 4.99 Å². The molecule has 1 fully saturated rings. The third-order valence-electron chi connectivity index (χ3n) is 4.21. The number of hydrogen-bond acceptors (Lipinski definition) is 5. The molecule has 9 heteroatoms. The second-order valence-corrected chi connectivity index (χ2v) is 6.55. The van der Waals surface area contributed by atoms with E-state index in [0.29, 0.717) is 45.9 Å². The molecule has 152 valence electrons. The predicted octanol–water partition coefficient (Wildman–Crippen LogP) is 2.39. The molecule has 0 bridgehead atoms. The summed E-state index contributed by atoms with van der Waals surface area (Å²) in [7, 11) is 0. The van der Waals surface area contributed by atoms with E-state index < -0.39 is 4.92 Å². The first-order valence-electron chi connectivity index (χ1n) is 9.23. The van der Waals surface area contributed by atoms with Gasteiger partial charge in [0.2, 0.25) is 0 Å². The lowest BCUT2D eigenvalue weighted by Gasteiger charge is -2.36. The van der Waals surface area contributed by atoms with E-state index in [2.05, 4.69) is 21.8 Å². The van der Waals surface area contributed by atoms with Crippen molar-refractivity contribution in [3.05, 3.63) is 52.1 Å². The maximum absolute atomic E-state index is 11.9. The minimum atomic E-state index is -0.421. The fraction of sp³-hybridized carbons (Fsp3) is 0.474. The first kappa shape index (κ1) is 21.2. The van der Waals surface area contributed by atoms with Gasteiger partial charge in [0.15, 0.2) is 5.96 Å². The summed E-state index contributed by atoms with van der Waals surface area (Å²) in [5, 5.41) is 14.1. The Balaban J connectivity index is 2.03. The Morgan fingerprint density at radius 2 is 1.86 bits per heavy atom. The number of rotatable bonds is 6. The predicted molar refractivity (Wildman–Crippen MR) is 107 cm³/mol. The van der Waals surface area contributed by atoms with Crippen molar-refractivity contribution >= 4 is 17.7 Å². The van der Waals surface area contributed by atoms with E-state index in [1.165, 1.54) is 12.1 Å². The summed E-state index contributed by atoms with van der Waals surface area (Å²) in [4.78, 5) is 30.6. The largest absolute Gasteiger partial charge is 0.450 e. The molecule has 0 radical (unpaired) electrons. The Hall–Kier alpha value is -3.10. The zero-order valence-corrected chi connectivity index (χ0v) is 16.4. The van der Waals surface area contributed by atoms with Gasteiger partial charge in [-0.15, -0.1) is 0 Å². The number of carbonyl (C=O) groups excluding carboxylic acids is 1. The molecule has 1 heterocycles. The maximum atomic E-state index is 11.9. The number of carbonyl (C=O) groups is 1. The molecular weight excluding hydrogens is 362 g/mol. The van der Waals surface area contributed by atoms with Crippen molar-refractivity contribution in [2.75, 3.05) is 39.3 Å². The van der Waals surface area contributed by atoms with Gasteiger partial charge in [-0.3, -0.25) is 10.1 Å². The van der Waals surface area contributed by atoms with Crippen LogP contribution in [0.15, 0.2) is 41.4 Å². The highest BCUT2D eigenvalue weighted by atomic mass is 16.6. The van der Waals surface area contributed by atoms with Gasteiger partial charge in [0.05, 0.1) is 18.1 Å². The minimum absolute atomic E-state index is 0.0587. The van der Waals surface area contributed by atoms with Gasteiger partial charge in [0, 0.05) is 44.9 Å². The van der Waals surface area contributed by atoms with Crippen molar-refractivity contribution < 1.29 is 14.5 Å². The molecule has 2 rings (SSSR count). The highest BCUT2D eigenvalue weighted by Gasteiger charge is 2.23. The number of hydrogen-bond donors (Lipinski definition) is 1. The zero-order chi connectivity index (χ0) is 20.5. The summed E-state index contributed by atoms with van der Waals surface area (Å²) in [6.07, 6.45) is -0.290. The molecular formula is C19H27N5O4. The van der Waals surface area contributed by atoms with E-state index in [0.717, 1.165) is 17.1 Å². The van der Waals surface area contributed by atoms with Crippen molar-refractivity contribution in [3.8, 4) is 0 Å². The average molecular weight is 389 g/mol. The fourth-order valence-electron chi connectivity index (χ4n) is 2.70. The summed E-state index contributed by atoms with van der Waals surface area (Å²) < 4.78 is 5.05. The number of piperazine rings is 1. The summed E-state index contributed by atoms with van der Waals surface area (Å²) in [5.74, 6) is 0.727. The first-order chi connectivity index (χ1) is 13.4.